The molecular weight excluding hydrogens is 466 g/mol. The number of allylic oxidation sites excluding steroid dienone is 1. The van der Waals surface area contributed by atoms with Crippen LogP contribution in [0, 0.1) is 0 Å². The fourth-order valence-corrected chi connectivity index (χ4v) is 4.83. The van der Waals surface area contributed by atoms with Gasteiger partial charge in [-0.2, -0.15) is 8.42 Å². The van der Waals surface area contributed by atoms with Crippen LogP contribution in [0.25, 0.3) is 0 Å². The van der Waals surface area contributed by atoms with Crippen molar-refractivity contribution >= 4 is 16.0 Å². The Bertz CT molecular complexity index is 638. The number of hydrogen-bond donors (Lipinski definition) is 4. The predicted molar refractivity (Wildman–Crippen MR) is 144 cm³/mol. The van der Waals surface area contributed by atoms with E-state index in [0.29, 0.717) is 6.42 Å². The van der Waals surface area contributed by atoms with Crippen molar-refractivity contribution in [2.75, 3.05) is 5.75 Å². The van der Waals surface area contributed by atoms with Crippen molar-refractivity contribution in [2.45, 2.75) is 148 Å². The maximum atomic E-state index is 12.4. The molecule has 3 unspecified atom stereocenters. The van der Waals surface area contributed by atoms with E-state index in [1.165, 1.54) is 70.3 Å². The summed E-state index contributed by atoms with van der Waals surface area (Å²) < 4.78 is 32.0. The molecule has 0 bridgehead atoms. The van der Waals surface area contributed by atoms with Gasteiger partial charge in [0.1, 0.15) is 6.10 Å². The molecule has 0 aromatic rings. The van der Waals surface area contributed by atoms with Crippen LogP contribution in [0.1, 0.15) is 129 Å². The van der Waals surface area contributed by atoms with Gasteiger partial charge in [0.05, 0.1) is 17.9 Å². The van der Waals surface area contributed by atoms with Crippen molar-refractivity contribution in [1.29, 1.82) is 0 Å². The van der Waals surface area contributed by atoms with E-state index in [-0.39, 0.29) is 6.42 Å². The van der Waals surface area contributed by atoms with E-state index >= 15 is 0 Å². The molecule has 0 aliphatic heterocycles. The Labute approximate surface area is 214 Å². The summed E-state index contributed by atoms with van der Waals surface area (Å²) in [6, 6.07) is -1.22. The average Bonchev–Trinajstić information content (AvgIpc) is 2.80. The first-order chi connectivity index (χ1) is 16.7. The van der Waals surface area contributed by atoms with Crippen LogP contribution in [0.2, 0.25) is 0 Å². The highest BCUT2D eigenvalue weighted by atomic mass is 32.2. The Balaban J connectivity index is 4.35. The molecule has 0 spiro atoms. The zero-order valence-electron chi connectivity index (χ0n) is 22.3. The molecule has 7 nitrogen and oxygen atoms in total. The van der Waals surface area contributed by atoms with E-state index < -0.39 is 40.0 Å². The Morgan fingerprint density at radius 1 is 0.771 bits per heavy atom. The highest BCUT2D eigenvalue weighted by Gasteiger charge is 2.27. The number of nitrogens with one attached hydrogen (secondary N) is 1. The maximum Gasteiger partial charge on any atom is 0.267 e. The molecule has 0 radical (unpaired) electrons. The number of carbonyl (C=O) groups is 1. The van der Waals surface area contributed by atoms with Crippen LogP contribution >= 0.6 is 0 Å². The van der Waals surface area contributed by atoms with Gasteiger partial charge in [0.25, 0.3) is 10.1 Å². The number of hydrogen-bond acceptors (Lipinski definition) is 5. The maximum absolute atomic E-state index is 12.4. The summed E-state index contributed by atoms with van der Waals surface area (Å²) in [5, 5.41) is 23.0. The lowest BCUT2D eigenvalue weighted by Gasteiger charge is -2.22. The number of unbranched alkanes of at least 4 members (excludes halogenated alkanes) is 15. The zero-order chi connectivity index (χ0) is 26.4. The molecule has 0 heterocycles. The molecule has 1 amide bonds. The second-order valence-corrected chi connectivity index (χ2v) is 11.3. The van der Waals surface area contributed by atoms with Gasteiger partial charge in [-0.05, 0) is 19.3 Å². The molecule has 0 aromatic carbocycles. The molecule has 0 aliphatic carbocycles. The molecule has 0 rings (SSSR count). The lowest BCUT2D eigenvalue weighted by atomic mass is 10.0. The Kier molecular flexibility index (Phi) is 21.6. The van der Waals surface area contributed by atoms with Crippen LogP contribution < -0.4 is 5.32 Å². The SMILES string of the molecule is CCCCCCCCCC/C=C/C(O)C(CS(=O)(=O)O)NC(=O)C(O)CCCCCCCCCC. The fraction of sp³-hybridized carbons (Fsp3) is 0.889. The monoisotopic (exact) mass is 519 g/mol. The predicted octanol–water partition coefficient (Wildman–Crippen LogP) is 5.70. The molecule has 208 valence electrons. The zero-order valence-corrected chi connectivity index (χ0v) is 23.1. The molecule has 0 saturated heterocycles. The standard InChI is InChI=1S/C27H53NO6S/c1-3-5-7-9-11-13-14-16-17-19-21-25(29)24(23-35(32,33)34)28-27(31)26(30)22-20-18-15-12-10-8-6-4-2/h19,21,24-26,29-30H,3-18,20,22-23H2,1-2H3,(H,28,31)(H,32,33,34)/b21-19+. The molecule has 8 heteroatoms. The normalized spacial score (nSPS) is 14.8. The van der Waals surface area contributed by atoms with Crippen LogP contribution in [0.4, 0.5) is 0 Å². The minimum atomic E-state index is -4.42. The molecule has 0 aliphatic rings. The summed E-state index contributed by atoms with van der Waals surface area (Å²) in [6.07, 6.45) is 20.1. The van der Waals surface area contributed by atoms with Crippen LogP contribution in [-0.2, 0) is 14.9 Å². The van der Waals surface area contributed by atoms with Crippen molar-refractivity contribution in [3.8, 4) is 0 Å². The minimum Gasteiger partial charge on any atom is -0.387 e. The van der Waals surface area contributed by atoms with E-state index in [1.807, 2.05) is 0 Å². The van der Waals surface area contributed by atoms with Gasteiger partial charge in [0.2, 0.25) is 5.91 Å². The first-order valence-corrected chi connectivity index (χ1v) is 15.6. The van der Waals surface area contributed by atoms with Gasteiger partial charge < -0.3 is 15.5 Å². The number of aliphatic hydroxyl groups is 2. The summed E-state index contributed by atoms with van der Waals surface area (Å²) in [5.74, 6) is -1.54. The van der Waals surface area contributed by atoms with Crippen molar-refractivity contribution in [2.24, 2.45) is 0 Å². The van der Waals surface area contributed by atoms with Crippen molar-refractivity contribution in [3.05, 3.63) is 12.2 Å². The smallest absolute Gasteiger partial charge is 0.267 e. The Hall–Kier alpha value is -0.960. The molecule has 0 aromatic heterocycles. The summed E-state index contributed by atoms with van der Waals surface area (Å²) >= 11 is 0. The average molecular weight is 520 g/mol. The minimum absolute atomic E-state index is 0.282. The fourth-order valence-electron chi connectivity index (χ4n) is 4.10. The topological polar surface area (TPSA) is 124 Å². The molecule has 4 N–H and O–H groups in total. The van der Waals surface area contributed by atoms with E-state index in [9.17, 15) is 28.0 Å². The van der Waals surface area contributed by atoms with E-state index in [0.717, 1.165) is 38.5 Å². The van der Waals surface area contributed by atoms with Crippen LogP contribution in [0.3, 0.4) is 0 Å². The van der Waals surface area contributed by atoms with Gasteiger partial charge in [-0.1, -0.05) is 122 Å². The van der Waals surface area contributed by atoms with Crippen molar-refractivity contribution < 1.29 is 28.0 Å². The highest BCUT2D eigenvalue weighted by molar-refractivity contribution is 7.85. The van der Waals surface area contributed by atoms with Gasteiger partial charge in [0.15, 0.2) is 0 Å². The second kappa shape index (κ2) is 22.3. The quantitative estimate of drug-likeness (QED) is 0.0737. The summed E-state index contributed by atoms with van der Waals surface area (Å²) in [6.45, 7) is 4.38. The van der Waals surface area contributed by atoms with Crippen molar-refractivity contribution in [1.82, 2.24) is 5.32 Å². The third-order valence-corrected chi connectivity index (χ3v) is 7.10. The molecular formula is C27H53NO6S. The lowest BCUT2D eigenvalue weighted by molar-refractivity contribution is -0.130. The molecule has 3 atom stereocenters. The lowest BCUT2D eigenvalue weighted by Crippen LogP contribution is -2.50. The molecule has 35 heavy (non-hydrogen) atoms. The van der Waals surface area contributed by atoms with E-state index in [1.54, 1.807) is 6.08 Å². The number of amides is 1. The molecule has 0 saturated carbocycles. The van der Waals surface area contributed by atoms with Crippen LogP contribution in [-0.4, -0.2) is 53.1 Å². The van der Waals surface area contributed by atoms with Gasteiger partial charge in [0, 0.05) is 0 Å². The third-order valence-electron chi connectivity index (χ3n) is 6.32. The third kappa shape index (κ3) is 22.0. The van der Waals surface area contributed by atoms with Gasteiger partial charge in [-0.3, -0.25) is 9.35 Å². The van der Waals surface area contributed by atoms with Gasteiger partial charge in [-0.15, -0.1) is 0 Å². The van der Waals surface area contributed by atoms with E-state index in [2.05, 4.69) is 19.2 Å². The number of rotatable bonds is 24. The summed E-state index contributed by atoms with van der Waals surface area (Å²) in [7, 11) is -4.42. The van der Waals surface area contributed by atoms with E-state index in [4.69, 9.17) is 0 Å². The van der Waals surface area contributed by atoms with Crippen molar-refractivity contribution in [3.63, 3.8) is 0 Å². The van der Waals surface area contributed by atoms with Gasteiger partial charge >= 0.3 is 0 Å². The van der Waals surface area contributed by atoms with Gasteiger partial charge in [-0.25, -0.2) is 0 Å². The molecule has 0 fully saturated rings. The Morgan fingerprint density at radius 2 is 1.23 bits per heavy atom. The van der Waals surface area contributed by atoms with Crippen LogP contribution in [0.15, 0.2) is 12.2 Å². The number of aliphatic hydroxyl groups excluding tert-OH is 2. The summed E-state index contributed by atoms with van der Waals surface area (Å²) in [5.41, 5.74) is 0. The first kappa shape index (κ1) is 34.0. The first-order valence-electron chi connectivity index (χ1n) is 14.0. The highest BCUT2D eigenvalue weighted by Crippen LogP contribution is 2.12. The summed E-state index contributed by atoms with van der Waals surface area (Å²) in [4.78, 5) is 12.4. The number of carbonyl (C=O) groups excluding carboxylic acids is 1. The van der Waals surface area contributed by atoms with Crippen LogP contribution in [0.5, 0.6) is 0 Å². The largest absolute Gasteiger partial charge is 0.387 e. The Morgan fingerprint density at radius 3 is 1.71 bits per heavy atom. The second-order valence-electron chi connectivity index (χ2n) is 9.83.